The summed E-state index contributed by atoms with van der Waals surface area (Å²) in [4.78, 5) is 34.3. The number of carbonyl (C=O) groups excluding carboxylic acids is 2. The first kappa shape index (κ1) is 15.7. The second-order valence-electron chi connectivity index (χ2n) is 4.83. The van der Waals surface area contributed by atoms with Gasteiger partial charge in [0.05, 0.1) is 0 Å². The first-order valence-corrected chi connectivity index (χ1v) is 8.67. The molecule has 1 aliphatic rings. The Morgan fingerprint density at radius 2 is 2.17 bits per heavy atom. The fourth-order valence-corrected chi connectivity index (χ4v) is 3.75. The van der Waals surface area contributed by atoms with Crippen molar-refractivity contribution >= 4 is 50.9 Å². The predicted molar refractivity (Wildman–Crippen MR) is 93.0 cm³/mol. The van der Waals surface area contributed by atoms with E-state index in [2.05, 4.69) is 15.3 Å². The molecule has 1 aromatic carbocycles. The highest BCUT2D eigenvalue weighted by atomic mass is 32.2. The number of nitrogens with one attached hydrogen (secondary N) is 1. The SMILES string of the molecule is CN1C(=O)C(CC(=O)Nc2ccccc2)SC1=Nc1nccs1. The molecule has 23 heavy (non-hydrogen) atoms. The van der Waals surface area contributed by atoms with Gasteiger partial charge in [-0.1, -0.05) is 30.0 Å². The number of aliphatic imine (C=N–C) groups is 1. The summed E-state index contributed by atoms with van der Waals surface area (Å²) < 4.78 is 0. The maximum atomic E-state index is 12.3. The van der Waals surface area contributed by atoms with Crippen LogP contribution in [0.2, 0.25) is 0 Å². The molecule has 118 valence electrons. The van der Waals surface area contributed by atoms with Crippen LogP contribution in [0, 0.1) is 0 Å². The van der Waals surface area contributed by atoms with E-state index in [-0.39, 0.29) is 18.2 Å². The number of thiazole rings is 1. The Morgan fingerprint density at radius 1 is 1.39 bits per heavy atom. The smallest absolute Gasteiger partial charge is 0.242 e. The van der Waals surface area contributed by atoms with E-state index in [1.807, 2.05) is 35.7 Å². The standard InChI is InChI=1S/C15H14N4O2S2/c1-19-13(21)11(23-15(19)18-14-16-7-8-22-14)9-12(20)17-10-5-3-2-4-6-10/h2-8,11H,9H2,1H3,(H,17,20). The number of hydrogen-bond donors (Lipinski definition) is 1. The van der Waals surface area contributed by atoms with E-state index < -0.39 is 5.25 Å². The fourth-order valence-electron chi connectivity index (χ4n) is 2.05. The summed E-state index contributed by atoms with van der Waals surface area (Å²) in [5.41, 5.74) is 0.720. The summed E-state index contributed by atoms with van der Waals surface area (Å²) in [5, 5.41) is 5.33. The maximum Gasteiger partial charge on any atom is 0.242 e. The molecule has 1 aromatic heterocycles. The van der Waals surface area contributed by atoms with Gasteiger partial charge in [0.2, 0.25) is 16.9 Å². The van der Waals surface area contributed by atoms with Crippen molar-refractivity contribution in [3.05, 3.63) is 41.9 Å². The van der Waals surface area contributed by atoms with E-state index >= 15 is 0 Å². The normalized spacial score (nSPS) is 19.3. The van der Waals surface area contributed by atoms with E-state index in [9.17, 15) is 9.59 Å². The molecule has 2 aromatic rings. The third-order valence-corrected chi connectivity index (χ3v) is 5.07. The molecule has 2 amide bonds. The van der Waals surface area contributed by atoms with Crippen LogP contribution in [0.3, 0.4) is 0 Å². The average molecular weight is 346 g/mol. The first-order chi connectivity index (χ1) is 11.1. The van der Waals surface area contributed by atoms with Gasteiger partial charge < -0.3 is 5.32 Å². The molecule has 1 atom stereocenters. The molecular formula is C15H14N4O2S2. The van der Waals surface area contributed by atoms with Crippen LogP contribution in [0.5, 0.6) is 0 Å². The van der Waals surface area contributed by atoms with Crippen LogP contribution in [-0.2, 0) is 9.59 Å². The third kappa shape index (κ3) is 3.77. The van der Waals surface area contributed by atoms with Crippen LogP contribution in [0.1, 0.15) is 6.42 Å². The van der Waals surface area contributed by atoms with Crippen molar-refractivity contribution in [3.8, 4) is 0 Å². The molecule has 1 saturated heterocycles. The summed E-state index contributed by atoms with van der Waals surface area (Å²) in [6, 6.07) is 9.18. The van der Waals surface area contributed by atoms with Gasteiger partial charge in [-0.3, -0.25) is 14.5 Å². The highest BCUT2D eigenvalue weighted by Crippen LogP contribution is 2.31. The third-order valence-electron chi connectivity index (χ3n) is 3.18. The van der Waals surface area contributed by atoms with Crippen LogP contribution in [-0.4, -0.2) is 39.2 Å². The lowest BCUT2D eigenvalue weighted by atomic mass is 10.2. The van der Waals surface area contributed by atoms with Gasteiger partial charge in [0.1, 0.15) is 5.25 Å². The van der Waals surface area contributed by atoms with Crippen molar-refractivity contribution in [1.29, 1.82) is 0 Å². The summed E-state index contributed by atoms with van der Waals surface area (Å²) >= 11 is 2.70. The molecule has 8 heteroatoms. The molecule has 1 aliphatic heterocycles. The minimum Gasteiger partial charge on any atom is -0.326 e. The van der Waals surface area contributed by atoms with Crippen molar-refractivity contribution in [2.45, 2.75) is 11.7 Å². The van der Waals surface area contributed by atoms with Gasteiger partial charge >= 0.3 is 0 Å². The molecule has 0 saturated carbocycles. The molecular weight excluding hydrogens is 332 g/mol. The van der Waals surface area contributed by atoms with Crippen LogP contribution in [0.15, 0.2) is 46.9 Å². The fraction of sp³-hybridized carbons (Fsp3) is 0.200. The predicted octanol–water partition coefficient (Wildman–Crippen LogP) is 2.73. The van der Waals surface area contributed by atoms with Gasteiger partial charge in [-0.05, 0) is 12.1 Å². The Kier molecular flexibility index (Phi) is 4.73. The zero-order chi connectivity index (χ0) is 16.2. The number of aromatic nitrogens is 1. The highest BCUT2D eigenvalue weighted by Gasteiger charge is 2.37. The summed E-state index contributed by atoms with van der Waals surface area (Å²) in [5.74, 6) is -0.306. The van der Waals surface area contributed by atoms with Crippen molar-refractivity contribution in [1.82, 2.24) is 9.88 Å². The van der Waals surface area contributed by atoms with Gasteiger partial charge in [-0.25, -0.2) is 4.98 Å². The lowest BCUT2D eigenvalue weighted by Gasteiger charge is -2.09. The Balaban J connectivity index is 1.64. The molecule has 1 fully saturated rings. The van der Waals surface area contributed by atoms with E-state index in [1.165, 1.54) is 28.0 Å². The molecule has 6 nitrogen and oxygen atoms in total. The highest BCUT2D eigenvalue weighted by molar-refractivity contribution is 8.15. The Labute approximate surface area is 141 Å². The van der Waals surface area contributed by atoms with Crippen LogP contribution in [0.4, 0.5) is 10.8 Å². The number of amides is 2. The van der Waals surface area contributed by atoms with Crippen molar-refractivity contribution < 1.29 is 9.59 Å². The molecule has 0 radical (unpaired) electrons. The number of anilines is 1. The maximum absolute atomic E-state index is 12.3. The van der Waals surface area contributed by atoms with E-state index in [0.717, 1.165) is 5.69 Å². The number of carbonyl (C=O) groups is 2. The minimum absolute atomic E-state index is 0.111. The number of benzene rings is 1. The van der Waals surface area contributed by atoms with Crippen molar-refractivity contribution in [3.63, 3.8) is 0 Å². The lowest BCUT2D eigenvalue weighted by molar-refractivity contribution is -0.127. The Morgan fingerprint density at radius 3 is 2.87 bits per heavy atom. The number of nitrogens with zero attached hydrogens (tertiary/aromatic N) is 3. The minimum atomic E-state index is -0.456. The van der Waals surface area contributed by atoms with Gasteiger partial charge in [0, 0.05) is 30.7 Å². The largest absolute Gasteiger partial charge is 0.326 e. The molecule has 0 aliphatic carbocycles. The molecule has 1 N–H and O–H groups in total. The zero-order valence-electron chi connectivity index (χ0n) is 12.3. The molecule has 0 spiro atoms. The number of rotatable bonds is 4. The van der Waals surface area contributed by atoms with Crippen molar-refractivity contribution in [2.24, 2.45) is 4.99 Å². The van der Waals surface area contributed by atoms with Gasteiger partial charge in [-0.15, -0.1) is 11.3 Å². The first-order valence-electron chi connectivity index (χ1n) is 6.91. The zero-order valence-corrected chi connectivity index (χ0v) is 13.9. The van der Waals surface area contributed by atoms with Crippen LogP contribution < -0.4 is 5.32 Å². The lowest BCUT2D eigenvalue weighted by Crippen LogP contribution is -2.30. The van der Waals surface area contributed by atoms with Gasteiger partial charge in [-0.2, -0.15) is 4.99 Å². The number of amidine groups is 1. The average Bonchev–Trinajstić information content (AvgIpc) is 3.14. The number of thioether (sulfide) groups is 1. The molecule has 1 unspecified atom stereocenters. The van der Waals surface area contributed by atoms with Gasteiger partial charge in [0.25, 0.3) is 0 Å². The van der Waals surface area contributed by atoms with E-state index in [4.69, 9.17) is 0 Å². The quantitative estimate of drug-likeness (QED) is 0.924. The molecule has 0 bridgehead atoms. The van der Waals surface area contributed by atoms with Crippen LogP contribution in [0.25, 0.3) is 0 Å². The Hall–Kier alpha value is -2.19. The molecule has 2 heterocycles. The van der Waals surface area contributed by atoms with Gasteiger partial charge in [0.15, 0.2) is 5.17 Å². The second-order valence-corrected chi connectivity index (χ2v) is 6.87. The van der Waals surface area contributed by atoms with E-state index in [1.54, 1.807) is 13.2 Å². The monoisotopic (exact) mass is 346 g/mol. The number of para-hydroxylation sites is 1. The summed E-state index contributed by atoms with van der Waals surface area (Å²) in [6.07, 6.45) is 1.77. The molecule has 3 rings (SSSR count). The van der Waals surface area contributed by atoms with E-state index in [0.29, 0.717) is 10.3 Å². The summed E-state index contributed by atoms with van der Waals surface area (Å²) in [7, 11) is 1.66. The van der Waals surface area contributed by atoms with Crippen molar-refractivity contribution in [2.75, 3.05) is 12.4 Å². The Bertz CT molecular complexity index is 731. The second kappa shape index (κ2) is 6.93. The topological polar surface area (TPSA) is 74.7 Å². The van der Waals surface area contributed by atoms with Crippen LogP contribution >= 0.6 is 23.1 Å². The summed E-state index contributed by atoms with van der Waals surface area (Å²) in [6.45, 7) is 0. The number of hydrogen-bond acceptors (Lipinski definition) is 6.